The molecular weight excluding hydrogens is 110 g/mol. The molecule has 9 heavy (non-hydrogen) atoms. The van der Waals surface area contributed by atoms with Gasteiger partial charge in [0.05, 0.1) is 0 Å². The Bertz CT molecular complexity index is 98.0. The Kier molecular flexibility index (Phi) is 1.10. The topological polar surface area (TPSA) is 23.8 Å². The van der Waals surface area contributed by atoms with Crippen LogP contribution >= 0.6 is 0 Å². The highest BCUT2D eigenvalue weighted by molar-refractivity contribution is 4.94. The summed E-state index contributed by atoms with van der Waals surface area (Å²) < 4.78 is 0. The molecule has 0 aromatic rings. The average molecular weight is 124 g/mol. The first-order chi connectivity index (χ1) is 4.29. The van der Waals surface area contributed by atoms with E-state index in [1.165, 1.54) is 38.5 Å². The highest BCUT2D eigenvalue weighted by Crippen LogP contribution is 2.43. The van der Waals surface area contributed by atoms with Crippen molar-refractivity contribution < 1.29 is 0 Å². The molecule has 3 fully saturated rings. The molecule has 3 aliphatic carbocycles. The van der Waals surface area contributed by atoms with Gasteiger partial charge < -0.3 is 0 Å². The van der Waals surface area contributed by atoms with E-state index in [0.717, 1.165) is 5.92 Å². The molecule has 1 nitrogen and oxygen atoms in total. The Hall–Kier alpha value is -0.0400. The summed E-state index contributed by atoms with van der Waals surface area (Å²) in [6.07, 6.45) is 7.63. The van der Waals surface area contributed by atoms with Crippen LogP contribution in [0.2, 0.25) is 0 Å². The summed E-state index contributed by atoms with van der Waals surface area (Å²) in [6.45, 7) is 0. The molecule has 0 aromatic heterocycles. The predicted molar refractivity (Wildman–Crippen MR) is 37.0 cm³/mol. The second kappa shape index (κ2) is 1.72. The Morgan fingerprint density at radius 1 is 1.00 bits per heavy atom. The molecule has 1 radical (unpaired) electrons. The molecule has 3 aliphatic rings. The quantitative estimate of drug-likeness (QED) is 0.471. The summed E-state index contributed by atoms with van der Waals surface area (Å²) in [5.74, 6) is 1.01. The van der Waals surface area contributed by atoms with E-state index in [9.17, 15) is 0 Å². The Morgan fingerprint density at radius 3 is 1.67 bits per heavy atom. The van der Waals surface area contributed by atoms with Crippen molar-refractivity contribution in [2.75, 3.05) is 0 Å². The predicted octanol–water partition coefficient (Wildman–Crippen LogP) is 1.99. The van der Waals surface area contributed by atoms with Gasteiger partial charge in [0.15, 0.2) is 0 Å². The molecule has 1 heteroatoms. The third kappa shape index (κ3) is 0.877. The van der Waals surface area contributed by atoms with Crippen LogP contribution in [0, 0.1) is 5.92 Å². The van der Waals surface area contributed by atoms with Gasteiger partial charge in [0.2, 0.25) is 0 Å². The Labute approximate surface area is 56.6 Å². The molecule has 3 saturated carbocycles. The maximum atomic E-state index is 7.91. The van der Waals surface area contributed by atoms with Gasteiger partial charge in [-0.15, -0.1) is 0 Å². The third-order valence-electron chi connectivity index (χ3n) is 3.09. The maximum absolute atomic E-state index is 7.91. The fraction of sp³-hybridized carbons (Fsp3) is 1.00. The van der Waals surface area contributed by atoms with Crippen LogP contribution in [0.3, 0.4) is 0 Å². The van der Waals surface area contributed by atoms with E-state index in [2.05, 4.69) is 0 Å². The van der Waals surface area contributed by atoms with Crippen molar-refractivity contribution in [1.82, 2.24) is 5.73 Å². The summed E-state index contributed by atoms with van der Waals surface area (Å²) in [5, 5.41) is 0. The van der Waals surface area contributed by atoms with Crippen molar-refractivity contribution in [3.8, 4) is 0 Å². The lowest BCUT2D eigenvalue weighted by Crippen LogP contribution is -2.40. The van der Waals surface area contributed by atoms with Gasteiger partial charge in [0, 0.05) is 5.54 Å². The molecule has 0 aliphatic heterocycles. The van der Waals surface area contributed by atoms with Crippen LogP contribution in [-0.2, 0) is 0 Å². The standard InChI is InChI=1S/C8H14N/c9-8-4-1-7(2-5-8)3-6-8/h7,9H,1-6H2. The average Bonchev–Trinajstić information content (AvgIpc) is 1.90. The molecule has 0 saturated heterocycles. The molecule has 1 N–H and O–H groups in total. The monoisotopic (exact) mass is 124 g/mol. The summed E-state index contributed by atoms with van der Waals surface area (Å²) in [6, 6.07) is 0. The molecule has 0 spiro atoms. The number of rotatable bonds is 0. The highest BCUT2D eigenvalue weighted by Gasteiger charge is 2.37. The van der Waals surface area contributed by atoms with Gasteiger partial charge in [-0.05, 0) is 44.4 Å². The normalized spacial score (nSPS) is 49.7. The summed E-state index contributed by atoms with van der Waals surface area (Å²) in [5.41, 5.74) is 7.94. The van der Waals surface area contributed by atoms with Crippen molar-refractivity contribution in [2.24, 2.45) is 5.92 Å². The maximum Gasteiger partial charge on any atom is 0.0324 e. The lowest BCUT2D eigenvalue weighted by atomic mass is 9.66. The zero-order valence-corrected chi connectivity index (χ0v) is 5.82. The van der Waals surface area contributed by atoms with E-state index < -0.39 is 0 Å². The van der Waals surface area contributed by atoms with Crippen LogP contribution < -0.4 is 5.73 Å². The largest absolute Gasteiger partial charge is 0.251 e. The molecule has 0 heterocycles. The van der Waals surface area contributed by atoms with Crippen molar-refractivity contribution in [2.45, 2.75) is 44.1 Å². The van der Waals surface area contributed by atoms with Gasteiger partial charge in [-0.25, -0.2) is 0 Å². The Balaban J connectivity index is 2.11. The first-order valence-corrected chi connectivity index (χ1v) is 4.04. The molecule has 0 unspecified atom stereocenters. The van der Waals surface area contributed by atoms with Crippen molar-refractivity contribution >= 4 is 0 Å². The molecule has 51 valence electrons. The molecule has 0 atom stereocenters. The van der Waals surface area contributed by atoms with Crippen molar-refractivity contribution in [1.29, 1.82) is 0 Å². The fourth-order valence-electron chi connectivity index (χ4n) is 2.25. The van der Waals surface area contributed by atoms with E-state index in [1.54, 1.807) is 0 Å². The van der Waals surface area contributed by atoms with Crippen LogP contribution in [0.5, 0.6) is 0 Å². The van der Waals surface area contributed by atoms with Gasteiger partial charge in [-0.3, -0.25) is 5.73 Å². The number of fused-ring (bicyclic) bond motifs is 3. The number of hydrogen-bond acceptors (Lipinski definition) is 0. The van der Waals surface area contributed by atoms with Crippen molar-refractivity contribution in [3.05, 3.63) is 0 Å². The fourth-order valence-corrected chi connectivity index (χ4v) is 2.25. The highest BCUT2D eigenvalue weighted by atomic mass is 14.8. The van der Waals surface area contributed by atoms with Crippen molar-refractivity contribution in [3.63, 3.8) is 0 Å². The zero-order chi connectivity index (χ0) is 6.32. The van der Waals surface area contributed by atoms with E-state index in [4.69, 9.17) is 5.73 Å². The summed E-state index contributed by atoms with van der Waals surface area (Å²) in [4.78, 5) is 0. The van der Waals surface area contributed by atoms with Gasteiger partial charge >= 0.3 is 0 Å². The molecule has 0 amide bonds. The number of nitrogens with one attached hydrogen (secondary N) is 1. The van der Waals surface area contributed by atoms with E-state index in [1.807, 2.05) is 0 Å². The molecule has 2 bridgehead atoms. The number of hydrogen-bond donors (Lipinski definition) is 0. The van der Waals surface area contributed by atoms with E-state index in [0.29, 0.717) is 0 Å². The van der Waals surface area contributed by atoms with Crippen LogP contribution in [0.4, 0.5) is 0 Å². The van der Waals surface area contributed by atoms with Crippen LogP contribution in [0.15, 0.2) is 0 Å². The minimum Gasteiger partial charge on any atom is -0.251 e. The van der Waals surface area contributed by atoms with Crippen LogP contribution in [0.1, 0.15) is 38.5 Å². The summed E-state index contributed by atoms with van der Waals surface area (Å²) in [7, 11) is 0. The molecular formula is C8H14N. The SMILES string of the molecule is [NH]C12CCC(CC1)CC2. The first-order valence-electron chi connectivity index (χ1n) is 4.04. The second-order valence-electron chi connectivity index (χ2n) is 3.76. The zero-order valence-electron chi connectivity index (χ0n) is 5.82. The van der Waals surface area contributed by atoms with E-state index >= 15 is 0 Å². The van der Waals surface area contributed by atoms with Crippen LogP contribution in [0.25, 0.3) is 0 Å². The second-order valence-corrected chi connectivity index (χ2v) is 3.76. The lowest BCUT2D eigenvalue weighted by molar-refractivity contribution is 0.135. The van der Waals surface area contributed by atoms with E-state index in [-0.39, 0.29) is 5.54 Å². The van der Waals surface area contributed by atoms with Gasteiger partial charge in [-0.1, -0.05) is 0 Å². The smallest absolute Gasteiger partial charge is 0.0324 e. The minimum absolute atomic E-state index is 0.0365. The van der Waals surface area contributed by atoms with Gasteiger partial charge in [0.25, 0.3) is 0 Å². The molecule has 0 aromatic carbocycles. The lowest BCUT2D eigenvalue weighted by Gasteiger charge is -2.43. The molecule has 3 rings (SSSR count). The van der Waals surface area contributed by atoms with Crippen LogP contribution in [-0.4, -0.2) is 5.54 Å². The first kappa shape index (κ1) is 5.72. The summed E-state index contributed by atoms with van der Waals surface area (Å²) >= 11 is 0. The van der Waals surface area contributed by atoms with Gasteiger partial charge in [0.1, 0.15) is 0 Å². The van der Waals surface area contributed by atoms with Gasteiger partial charge in [-0.2, -0.15) is 0 Å². The Morgan fingerprint density at radius 2 is 1.44 bits per heavy atom. The minimum atomic E-state index is 0.0365. The third-order valence-corrected chi connectivity index (χ3v) is 3.09.